The lowest BCUT2D eigenvalue weighted by Crippen LogP contribution is -2.34. The summed E-state index contributed by atoms with van der Waals surface area (Å²) < 4.78 is 36.3. The van der Waals surface area contributed by atoms with Gasteiger partial charge in [-0.1, -0.05) is 0 Å². The monoisotopic (exact) mass is 180 g/mol. The van der Waals surface area contributed by atoms with Gasteiger partial charge in [-0.15, -0.1) is 0 Å². The third kappa shape index (κ3) is 1.57. The van der Waals surface area contributed by atoms with Gasteiger partial charge < -0.3 is 5.43 Å². The van der Waals surface area contributed by atoms with Crippen molar-refractivity contribution >= 4 is 11.5 Å². The van der Waals surface area contributed by atoms with E-state index < -0.39 is 23.6 Å². The number of nitrogens with one attached hydrogen (secondary N) is 1. The Kier molecular flexibility index (Phi) is 2.08. The van der Waals surface area contributed by atoms with E-state index in [0.717, 1.165) is 6.92 Å². The molecular weight excluding hydrogens is 173 g/mol. The molecular formula is C6H7F3N2O. The first-order chi connectivity index (χ1) is 5.43. The smallest absolute Gasteiger partial charge is 0.309 e. The van der Waals surface area contributed by atoms with Crippen molar-refractivity contribution in [2.75, 3.05) is 6.54 Å². The van der Waals surface area contributed by atoms with Crippen molar-refractivity contribution < 1.29 is 18.0 Å². The Balaban J connectivity index is 2.82. The van der Waals surface area contributed by atoms with E-state index in [1.165, 1.54) is 0 Å². The van der Waals surface area contributed by atoms with Crippen LogP contribution in [0.15, 0.2) is 5.10 Å². The average molecular weight is 180 g/mol. The van der Waals surface area contributed by atoms with Crippen molar-refractivity contribution in [2.24, 2.45) is 11.0 Å². The topological polar surface area (TPSA) is 41.5 Å². The fourth-order valence-corrected chi connectivity index (χ4v) is 0.992. The number of halogens is 3. The van der Waals surface area contributed by atoms with Crippen LogP contribution >= 0.6 is 0 Å². The summed E-state index contributed by atoms with van der Waals surface area (Å²) in [4.78, 5) is 10.6. The number of hydrogen-bond donors (Lipinski definition) is 1. The molecule has 68 valence electrons. The van der Waals surface area contributed by atoms with Crippen LogP contribution in [-0.2, 0) is 4.79 Å². The molecule has 1 N–H and O–H groups in total. The molecule has 6 heteroatoms. The summed E-state index contributed by atoms with van der Waals surface area (Å²) in [6, 6.07) is 0. The Morgan fingerprint density at radius 1 is 1.67 bits per heavy atom. The number of rotatable bonds is 1. The lowest BCUT2D eigenvalue weighted by Gasteiger charge is -2.13. The average Bonchev–Trinajstić information content (AvgIpc) is 2.30. The highest BCUT2D eigenvalue weighted by molar-refractivity contribution is 6.40. The maximum Gasteiger partial charge on any atom is 0.399 e. The van der Waals surface area contributed by atoms with Crippen LogP contribution in [0.25, 0.3) is 0 Å². The Bertz CT molecular complexity index is 233. The molecule has 0 bridgehead atoms. The molecule has 0 saturated heterocycles. The van der Waals surface area contributed by atoms with Crippen LogP contribution in [0.2, 0.25) is 0 Å². The molecule has 0 aromatic carbocycles. The van der Waals surface area contributed by atoms with Crippen molar-refractivity contribution in [1.82, 2.24) is 5.43 Å². The van der Waals surface area contributed by atoms with Crippen molar-refractivity contribution in [3.05, 3.63) is 0 Å². The minimum atomic E-state index is -4.38. The van der Waals surface area contributed by atoms with Crippen LogP contribution in [0.4, 0.5) is 13.2 Å². The second kappa shape index (κ2) is 2.76. The van der Waals surface area contributed by atoms with Crippen molar-refractivity contribution in [3.63, 3.8) is 0 Å². The Hall–Kier alpha value is -1.07. The predicted octanol–water partition coefficient (Wildman–Crippen LogP) is 0.713. The summed E-state index contributed by atoms with van der Waals surface area (Å²) in [6.07, 6.45) is -4.38. The Morgan fingerprint density at radius 2 is 2.25 bits per heavy atom. The van der Waals surface area contributed by atoms with Gasteiger partial charge in [-0.25, -0.2) is 0 Å². The van der Waals surface area contributed by atoms with Crippen LogP contribution in [0.5, 0.6) is 0 Å². The number of nitrogens with zero attached hydrogens (tertiary/aromatic N) is 1. The molecule has 0 saturated carbocycles. The molecule has 0 amide bonds. The highest BCUT2D eigenvalue weighted by Gasteiger charge is 2.46. The zero-order chi connectivity index (χ0) is 9.35. The van der Waals surface area contributed by atoms with E-state index in [4.69, 9.17) is 0 Å². The van der Waals surface area contributed by atoms with Gasteiger partial charge in [0.2, 0.25) is 0 Å². The van der Waals surface area contributed by atoms with Gasteiger partial charge in [-0.2, -0.15) is 18.3 Å². The molecule has 0 fully saturated rings. The van der Waals surface area contributed by atoms with Crippen LogP contribution in [0.1, 0.15) is 6.92 Å². The summed E-state index contributed by atoms with van der Waals surface area (Å²) in [6.45, 7) is 0.739. The van der Waals surface area contributed by atoms with Crippen molar-refractivity contribution in [2.45, 2.75) is 13.1 Å². The Labute approximate surface area is 66.6 Å². The number of Topliss-reactive ketones (excluding diaryl/α,β-unsaturated/α-hetero) is 1. The van der Waals surface area contributed by atoms with Crippen LogP contribution in [0.3, 0.4) is 0 Å². The normalized spacial score (nSPS) is 23.3. The molecule has 0 radical (unpaired) electrons. The first-order valence-corrected chi connectivity index (χ1v) is 3.31. The summed E-state index contributed by atoms with van der Waals surface area (Å²) >= 11 is 0. The number of ketones is 1. The third-order valence-electron chi connectivity index (χ3n) is 1.58. The first kappa shape index (κ1) is 9.02. The number of hydrogen-bond acceptors (Lipinski definition) is 3. The predicted molar refractivity (Wildman–Crippen MR) is 35.7 cm³/mol. The lowest BCUT2D eigenvalue weighted by molar-refractivity contribution is -0.153. The molecule has 1 aliphatic heterocycles. The van der Waals surface area contributed by atoms with E-state index in [2.05, 4.69) is 10.5 Å². The third-order valence-corrected chi connectivity index (χ3v) is 1.58. The minimum absolute atomic E-state index is 0.335. The van der Waals surface area contributed by atoms with Gasteiger partial charge in [0, 0.05) is 6.92 Å². The molecule has 12 heavy (non-hydrogen) atoms. The van der Waals surface area contributed by atoms with Gasteiger partial charge in [0.1, 0.15) is 11.6 Å². The number of alkyl halides is 3. The summed E-state index contributed by atoms with van der Waals surface area (Å²) in [7, 11) is 0. The van der Waals surface area contributed by atoms with Crippen molar-refractivity contribution in [1.29, 1.82) is 0 Å². The van der Waals surface area contributed by atoms with Gasteiger partial charge in [0.05, 0.1) is 6.54 Å². The zero-order valence-corrected chi connectivity index (χ0v) is 6.27. The fraction of sp³-hybridized carbons (Fsp3) is 0.667. The van der Waals surface area contributed by atoms with E-state index in [9.17, 15) is 18.0 Å². The van der Waals surface area contributed by atoms with Crippen LogP contribution in [0, 0.1) is 5.92 Å². The van der Waals surface area contributed by atoms with Gasteiger partial charge in [-0.3, -0.25) is 4.79 Å². The highest BCUT2D eigenvalue weighted by Crippen LogP contribution is 2.29. The summed E-state index contributed by atoms with van der Waals surface area (Å²) in [5.74, 6) is -2.38. The molecule has 1 heterocycles. The molecule has 0 aromatic heterocycles. The maximum atomic E-state index is 12.1. The van der Waals surface area contributed by atoms with Gasteiger partial charge in [0.25, 0.3) is 0 Å². The summed E-state index contributed by atoms with van der Waals surface area (Å²) in [5, 5.41) is 3.28. The number of carbonyl (C=O) groups excluding carboxylic acids is 1. The van der Waals surface area contributed by atoms with E-state index in [1.807, 2.05) is 0 Å². The van der Waals surface area contributed by atoms with Crippen LogP contribution in [-0.4, -0.2) is 24.2 Å². The van der Waals surface area contributed by atoms with E-state index in [-0.39, 0.29) is 6.54 Å². The van der Waals surface area contributed by atoms with Crippen molar-refractivity contribution in [3.8, 4) is 0 Å². The molecule has 1 unspecified atom stereocenters. The molecule has 0 aliphatic carbocycles. The Morgan fingerprint density at radius 3 is 2.58 bits per heavy atom. The highest BCUT2D eigenvalue weighted by atomic mass is 19.4. The van der Waals surface area contributed by atoms with E-state index in [0.29, 0.717) is 0 Å². The SMILES string of the molecule is CC(=O)C1=NNCC1C(F)(F)F. The van der Waals surface area contributed by atoms with Gasteiger partial charge >= 0.3 is 6.18 Å². The first-order valence-electron chi connectivity index (χ1n) is 3.31. The number of carbonyl (C=O) groups is 1. The van der Waals surface area contributed by atoms with E-state index in [1.54, 1.807) is 0 Å². The molecule has 0 spiro atoms. The molecule has 1 rings (SSSR count). The quantitative estimate of drug-likeness (QED) is 0.645. The van der Waals surface area contributed by atoms with Gasteiger partial charge in [-0.05, 0) is 0 Å². The molecule has 3 nitrogen and oxygen atoms in total. The largest absolute Gasteiger partial charge is 0.399 e. The maximum absolute atomic E-state index is 12.1. The lowest BCUT2D eigenvalue weighted by atomic mass is 10.0. The second-order valence-corrected chi connectivity index (χ2v) is 2.51. The molecule has 1 atom stereocenters. The van der Waals surface area contributed by atoms with E-state index >= 15 is 0 Å². The minimum Gasteiger partial charge on any atom is -0.309 e. The zero-order valence-electron chi connectivity index (χ0n) is 6.27. The van der Waals surface area contributed by atoms with Gasteiger partial charge in [0.15, 0.2) is 5.78 Å². The number of hydrazone groups is 1. The molecule has 0 aromatic rings. The standard InChI is InChI=1S/C6H7F3N2O/c1-3(12)5-4(2-10-11-5)6(7,8)9/h4,10H,2H2,1H3. The second-order valence-electron chi connectivity index (χ2n) is 2.51. The fourth-order valence-electron chi connectivity index (χ4n) is 0.992. The molecule has 1 aliphatic rings. The van der Waals surface area contributed by atoms with Crippen LogP contribution < -0.4 is 5.43 Å². The summed E-state index contributed by atoms with van der Waals surface area (Å²) in [5.41, 5.74) is 1.73.